The Kier molecular flexibility index (Phi) is 4.34. The summed E-state index contributed by atoms with van der Waals surface area (Å²) in [6, 6.07) is 0.480. The van der Waals surface area contributed by atoms with Gasteiger partial charge in [-0.1, -0.05) is 32.4 Å². The lowest BCUT2D eigenvalue weighted by Crippen LogP contribution is -2.45. The van der Waals surface area contributed by atoms with Gasteiger partial charge in [0.05, 0.1) is 0 Å². The first-order valence-corrected chi connectivity index (χ1v) is 7.59. The summed E-state index contributed by atoms with van der Waals surface area (Å²) in [6.45, 7) is 11.6. The molecule has 2 aliphatic heterocycles. The predicted octanol–water partition coefficient (Wildman–Crippen LogP) is 2.58. The van der Waals surface area contributed by atoms with Crippen LogP contribution in [-0.2, 0) is 4.79 Å². The summed E-state index contributed by atoms with van der Waals surface area (Å²) in [5.41, 5.74) is 1.74. The van der Waals surface area contributed by atoms with E-state index in [-0.39, 0.29) is 11.3 Å². The number of carbonyl (C=O) groups is 1. The fourth-order valence-electron chi connectivity index (χ4n) is 3.16. The van der Waals surface area contributed by atoms with Crippen molar-refractivity contribution >= 4 is 5.91 Å². The summed E-state index contributed by atoms with van der Waals surface area (Å²) in [7, 11) is 0. The molecule has 0 radical (unpaired) electrons. The molecule has 2 heterocycles. The van der Waals surface area contributed by atoms with Gasteiger partial charge in [-0.2, -0.15) is 0 Å². The number of hydrogen-bond donors (Lipinski definition) is 1. The number of nitrogens with zero attached hydrogens (tertiary/aromatic N) is 1. The molecule has 2 aliphatic rings. The molecule has 1 saturated heterocycles. The molecule has 3 nitrogen and oxygen atoms in total. The van der Waals surface area contributed by atoms with Crippen molar-refractivity contribution in [2.24, 2.45) is 11.3 Å². The van der Waals surface area contributed by atoms with Gasteiger partial charge in [-0.05, 0) is 38.1 Å². The van der Waals surface area contributed by atoms with Gasteiger partial charge in [-0.25, -0.2) is 0 Å². The molecule has 1 amide bonds. The van der Waals surface area contributed by atoms with Crippen molar-refractivity contribution in [1.29, 1.82) is 0 Å². The number of hydrogen-bond acceptors (Lipinski definition) is 2. The van der Waals surface area contributed by atoms with Crippen LogP contribution in [0.2, 0.25) is 0 Å². The molecule has 0 bridgehead atoms. The second-order valence-corrected chi connectivity index (χ2v) is 7.09. The van der Waals surface area contributed by atoms with Gasteiger partial charge in [0.1, 0.15) is 0 Å². The van der Waals surface area contributed by atoms with Gasteiger partial charge in [0, 0.05) is 25.0 Å². The smallest absolute Gasteiger partial charge is 0.226 e. The minimum Gasteiger partial charge on any atom is -0.338 e. The first-order chi connectivity index (χ1) is 8.88. The van der Waals surface area contributed by atoms with E-state index in [2.05, 4.69) is 44.0 Å². The molecule has 1 fully saturated rings. The van der Waals surface area contributed by atoms with Crippen molar-refractivity contribution in [3.8, 4) is 0 Å². The maximum Gasteiger partial charge on any atom is 0.226 e. The van der Waals surface area contributed by atoms with Crippen LogP contribution in [0.15, 0.2) is 11.6 Å². The quantitative estimate of drug-likeness (QED) is 0.738. The maximum atomic E-state index is 12.5. The molecular formula is C16H28N2O. The Hall–Kier alpha value is -0.830. The van der Waals surface area contributed by atoms with Crippen LogP contribution in [0.3, 0.4) is 0 Å². The van der Waals surface area contributed by atoms with E-state index in [0.29, 0.717) is 11.9 Å². The van der Waals surface area contributed by atoms with Crippen molar-refractivity contribution in [1.82, 2.24) is 10.2 Å². The lowest BCUT2D eigenvalue weighted by Gasteiger charge is -2.36. The van der Waals surface area contributed by atoms with Gasteiger partial charge in [-0.3, -0.25) is 4.79 Å². The van der Waals surface area contributed by atoms with Crippen LogP contribution in [0.5, 0.6) is 0 Å². The Labute approximate surface area is 117 Å². The predicted molar refractivity (Wildman–Crippen MR) is 78.9 cm³/mol. The third-order valence-electron chi connectivity index (χ3n) is 4.46. The summed E-state index contributed by atoms with van der Waals surface area (Å²) in [5.74, 6) is 0.610. The minimum absolute atomic E-state index is 0.237. The van der Waals surface area contributed by atoms with Gasteiger partial charge in [0.15, 0.2) is 0 Å². The van der Waals surface area contributed by atoms with E-state index in [4.69, 9.17) is 0 Å². The Morgan fingerprint density at radius 2 is 2.16 bits per heavy atom. The highest BCUT2D eigenvalue weighted by Crippen LogP contribution is 2.31. The third kappa shape index (κ3) is 3.59. The van der Waals surface area contributed by atoms with Crippen LogP contribution in [0.1, 0.15) is 47.0 Å². The maximum absolute atomic E-state index is 12.5. The van der Waals surface area contributed by atoms with Gasteiger partial charge in [0.2, 0.25) is 5.91 Å². The highest BCUT2D eigenvalue weighted by Gasteiger charge is 2.30. The third-order valence-corrected chi connectivity index (χ3v) is 4.46. The standard InChI is InChI=1S/C16H28N2O/c1-12-11-13(5-8-17-12)15(19)18-9-6-14(7-10-18)16(2,3)4/h6,12-13,17H,5,7-11H2,1-4H3. The summed E-state index contributed by atoms with van der Waals surface area (Å²) in [5, 5.41) is 3.41. The number of amides is 1. The molecule has 19 heavy (non-hydrogen) atoms. The molecule has 0 saturated carbocycles. The molecule has 0 aromatic carbocycles. The number of rotatable bonds is 1. The SMILES string of the molecule is CC1CC(C(=O)N2CC=C(C(C)(C)C)CC2)CCN1. The molecule has 0 spiro atoms. The molecule has 3 heteroatoms. The van der Waals surface area contributed by atoms with E-state index < -0.39 is 0 Å². The van der Waals surface area contributed by atoms with Crippen LogP contribution >= 0.6 is 0 Å². The molecule has 2 unspecified atom stereocenters. The average Bonchev–Trinajstić information content (AvgIpc) is 2.37. The summed E-state index contributed by atoms with van der Waals surface area (Å²) >= 11 is 0. The van der Waals surface area contributed by atoms with Crippen molar-refractivity contribution in [2.45, 2.75) is 53.0 Å². The van der Waals surface area contributed by atoms with Crippen LogP contribution in [0.25, 0.3) is 0 Å². The lowest BCUT2D eigenvalue weighted by atomic mass is 9.82. The average molecular weight is 264 g/mol. The van der Waals surface area contributed by atoms with E-state index >= 15 is 0 Å². The second-order valence-electron chi connectivity index (χ2n) is 7.09. The zero-order chi connectivity index (χ0) is 14.0. The van der Waals surface area contributed by atoms with Gasteiger partial charge in [0.25, 0.3) is 0 Å². The van der Waals surface area contributed by atoms with Crippen LogP contribution < -0.4 is 5.32 Å². The van der Waals surface area contributed by atoms with Crippen molar-refractivity contribution in [2.75, 3.05) is 19.6 Å². The number of carbonyl (C=O) groups excluding carboxylic acids is 1. The minimum atomic E-state index is 0.237. The molecule has 0 aliphatic carbocycles. The lowest BCUT2D eigenvalue weighted by molar-refractivity contribution is -0.136. The summed E-state index contributed by atoms with van der Waals surface area (Å²) < 4.78 is 0. The monoisotopic (exact) mass is 264 g/mol. The van der Waals surface area contributed by atoms with E-state index in [1.165, 1.54) is 5.57 Å². The fraction of sp³-hybridized carbons (Fsp3) is 0.812. The summed E-state index contributed by atoms with van der Waals surface area (Å²) in [4.78, 5) is 14.6. The first kappa shape index (κ1) is 14.6. The van der Waals surface area contributed by atoms with E-state index in [0.717, 1.165) is 38.9 Å². The van der Waals surface area contributed by atoms with Gasteiger partial charge >= 0.3 is 0 Å². The van der Waals surface area contributed by atoms with E-state index in [1.54, 1.807) is 0 Å². The number of piperidine rings is 1. The van der Waals surface area contributed by atoms with Crippen molar-refractivity contribution in [3.05, 3.63) is 11.6 Å². The van der Waals surface area contributed by atoms with Gasteiger partial charge in [-0.15, -0.1) is 0 Å². The Morgan fingerprint density at radius 3 is 2.68 bits per heavy atom. The Morgan fingerprint density at radius 1 is 1.42 bits per heavy atom. The van der Waals surface area contributed by atoms with Crippen LogP contribution in [0, 0.1) is 11.3 Å². The van der Waals surface area contributed by atoms with Crippen LogP contribution in [-0.4, -0.2) is 36.5 Å². The van der Waals surface area contributed by atoms with Gasteiger partial charge < -0.3 is 10.2 Å². The highest BCUT2D eigenvalue weighted by molar-refractivity contribution is 5.79. The fourth-order valence-corrected chi connectivity index (χ4v) is 3.16. The zero-order valence-electron chi connectivity index (χ0n) is 12.8. The number of nitrogens with one attached hydrogen (secondary N) is 1. The molecular weight excluding hydrogens is 236 g/mol. The molecule has 0 aromatic rings. The molecule has 108 valence electrons. The second kappa shape index (κ2) is 5.66. The largest absolute Gasteiger partial charge is 0.338 e. The van der Waals surface area contributed by atoms with E-state index in [9.17, 15) is 4.79 Å². The first-order valence-electron chi connectivity index (χ1n) is 7.59. The summed E-state index contributed by atoms with van der Waals surface area (Å²) in [6.07, 6.45) is 5.29. The zero-order valence-corrected chi connectivity index (χ0v) is 12.8. The molecule has 1 N–H and O–H groups in total. The van der Waals surface area contributed by atoms with Crippen molar-refractivity contribution in [3.63, 3.8) is 0 Å². The van der Waals surface area contributed by atoms with Crippen LogP contribution in [0.4, 0.5) is 0 Å². The Bertz CT molecular complexity index is 367. The van der Waals surface area contributed by atoms with Crippen molar-refractivity contribution < 1.29 is 4.79 Å². The highest BCUT2D eigenvalue weighted by atomic mass is 16.2. The Balaban J connectivity index is 1.94. The molecule has 0 aromatic heterocycles. The molecule has 2 atom stereocenters. The normalized spacial score (nSPS) is 29.1. The van der Waals surface area contributed by atoms with E-state index in [1.807, 2.05) is 0 Å². The molecule has 2 rings (SSSR count). The topological polar surface area (TPSA) is 32.3 Å².